The number of nitrogens with zero attached hydrogens (tertiary/aromatic N) is 2. The summed E-state index contributed by atoms with van der Waals surface area (Å²) in [5.41, 5.74) is -0.108. The minimum atomic E-state index is -0.598. The first kappa shape index (κ1) is 14.9. The molecule has 0 atom stereocenters. The van der Waals surface area contributed by atoms with Crippen LogP contribution in [0.5, 0.6) is 11.5 Å². The molecule has 1 fully saturated rings. The van der Waals surface area contributed by atoms with Crippen molar-refractivity contribution < 1.29 is 24.0 Å². The molecule has 0 radical (unpaired) electrons. The van der Waals surface area contributed by atoms with Gasteiger partial charge in [-0.1, -0.05) is 5.92 Å². The summed E-state index contributed by atoms with van der Waals surface area (Å²) >= 11 is 0.679. The van der Waals surface area contributed by atoms with Crippen LogP contribution in [0, 0.1) is 22.5 Å². The molecule has 1 aromatic carbocycles. The van der Waals surface area contributed by atoms with E-state index in [0.29, 0.717) is 17.5 Å². The van der Waals surface area contributed by atoms with Gasteiger partial charge in [0.15, 0.2) is 11.5 Å². The van der Waals surface area contributed by atoms with E-state index in [1.807, 2.05) is 0 Å². The number of nitro groups is 1. The largest absolute Gasteiger partial charge is 0.454 e. The molecule has 0 spiro atoms. The van der Waals surface area contributed by atoms with Crippen LogP contribution in [0.1, 0.15) is 5.56 Å². The van der Waals surface area contributed by atoms with Crippen LogP contribution in [-0.2, 0) is 4.79 Å². The van der Waals surface area contributed by atoms with Gasteiger partial charge in [0.25, 0.3) is 16.8 Å². The van der Waals surface area contributed by atoms with E-state index in [4.69, 9.17) is 15.9 Å². The number of nitro benzene ring substituents is 1. The van der Waals surface area contributed by atoms with E-state index >= 15 is 0 Å². The SMILES string of the molecule is C#CCN1C(=O)S/C(=C\c2cc3c(cc2[N+](=O)[O-])OCO3)C1=O. The molecule has 0 aliphatic carbocycles. The molecule has 8 nitrogen and oxygen atoms in total. The number of hydrogen-bond donors (Lipinski definition) is 0. The Morgan fingerprint density at radius 2 is 2.09 bits per heavy atom. The van der Waals surface area contributed by atoms with Crippen LogP contribution < -0.4 is 9.47 Å². The number of carbonyl (C=O) groups is 2. The van der Waals surface area contributed by atoms with Crippen LogP contribution in [0.15, 0.2) is 17.0 Å². The maximum absolute atomic E-state index is 12.1. The lowest BCUT2D eigenvalue weighted by molar-refractivity contribution is -0.385. The molecule has 9 heteroatoms. The van der Waals surface area contributed by atoms with E-state index in [-0.39, 0.29) is 35.2 Å². The first-order valence-corrected chi connectivity index (χ1v) is 7.10. The summed E-state index contributed by atoms with van der Waals surface area (Å²) in [5, 5.41) is 10.7. The van der Waals surface area contributed by atoms with Crippen molar-refractivity contribution in [3.63, 3.8) is 0 Å². The minimum absolute atomic E-state index is 0.0331. The molecule has 3 rings (SSSR count). The van der Waals surface area contributed by atoms with Gasteiger partial charge >= 0.3 is 0 Å². The van der Waals surface area contributed by atoms with Crippen molar-refractivity contribution in [1.82, 2.24) is 4.90 Å². The van der Waals surface area contributed by atoms with E-state index in [0.717, 1.165) is 4.90 Å². The number of imide groups is 1. The van der Waals surface area contributed by atoms with Crippen molar-refractivity contribution in [2.75, 3.05) is 13.3 Å². The molecule has 2 amide bonds. The van der Waals surface area contributed by atoms with Crippen LogP contribution in [0.25, 0.3) is 6.08 Å². The third-order valence-electron chi connectivity index (χ3n) is 3.13. The van der Waals surface area contributed by atoms with Crippen molar-refractivity contribution in [2.45, 2.75) is 0 Å². The van der Waals surface area contributed by atoms with Gasteiger partial charge in [0, 0.05) is 0 Å². The summed E-state index contributed by atoms with van der Waals surface area (Å²) in [6.45, 7) is -0.181. The van der Waals surface area contributed by atoms with Crippen LogP contribution in [0.3, 0.4) is 0 Å². The Bertz CT molecular complexity index is 810. The Hall–Kier alpha value is -2.99. The highest BCUT2D eigenvalue weighted by Gasteiger charge is 2.35. The lowest BCUT2D eigenvalue weighted by Gasteiger charge is -2.06. The number of benzene rings is 1. The molecule has 2 aliphatic rings. The predicted molar refractivity (Wildman–Crippen MR) is 80.7 cm³/mol. The average molecular weight is 332 g/mol. The number of rotatable bonds is 3. The number of carbonyl (C=O) groups excluding carboxylic acids is 2. The van der Waals surface area contributed by atoms with Crippen LogP contribution in [0.4, 0.5) is 10.5 Å². The van der Waals surface area contributed by atoms with Crippen LogP contribution >= 0.6 is 11.8 Å². The summed E-state index contributed by atoms with van der Waals surface area (Å²) in [5.74, 6) is 2.23. The summed E-state index contributed by atoms with van der Waals surface area (Å²) in [6, 6.07) is 2.62. The normalized spacial score (nSPS) is 17.7. The molecule has 1 aromatic rings. The van der Waals surface area contributed by atoms with Crippen LogP contribution in [-0.4, -0.2) is 34.3 Å². The smallest absolute Gasteiger partial charge is 0.294 e. The van der Waals surface area contributed by atoms with Gasteiger partial charge in [0.2, 0.25) is 6.79 Å². The minimum Gasteiger partial charge on any atom is -0.454 e. The standard InChI is InChI=1S/C14H8N2O6S/c1-2-3-15-13(17)12(23-14(15)18)5-8-4-10-11(22-7-21-10)6-9(8)16(19)20/h1,4-6H,3,7H2/b12-5-. The fourth-order valence-corrected chi connectivity index (χ4v) is 2.92. The lowest BCUT2D eigenvalue weighted by Crippen LogP contribution is -2.28. The fourth-order valence-electron chi connectivity index (χ4n) is 2.09. The maximum atomic E-state index is 12.1. The highest BCUT2D eigenvalue weighted by molar-refractivity contribution is 8.18. The molecule has 0 aromatic heterocycles. The molecular formula is C14H8N2O6S. The van der Waals surface area contributed by atoms with Crippen molar-refractivity contribution in [1.29, 1.82) is 0 Å². The Balaban J connectivity index is 2.03. The van der Waals surface area contributed by atoms with Crippen LogP contribution in [0.2, 0.25) is 0 Å². The molecule has 0 bridgehead atoms. The Morgan fingerprint density at radius 1 is 1.39 bits per heavy atom. The molecule has 0 saturated carbocycles. The zero-order valence-corrected chi connectivity index (χ0v) is 12.3. The van der Waals surface area contributed by atoms with Crippen molar-refractivity contribution in [2.24, 2.45) is 0 Å². The molecule has 2 heterocycles. The van der Waals surface area contributed by atoms with Crippen molar-refractivity contribution in [3.8, 4) is 23.8 Å². The number of ether oxygens (including phenoxy) is 2. The van der Waals surface area contributed by atoms with Gasteiger partial charge in [-0.2, -0.15) is 0 Å². The van der Waals surface area contributed by atoms with Gasteiger partial charge in [-0.15, -0.1) is 6.42 Å². The maximum Gasteiger partial charge on any atom is 0.294 e. The van der Waals surface area contributed by atoms with Gasteiger partial charge in [-0.05, 0) is 23.9 Å². The lowest BCUT2D eigenvalue weighted by atomic mass is 10.1. The van der Waals surface area contributed by atoms with E-state index < -0.39 is 16.1 Å². The topological polar surface area (TPSA) is 99.0 Å². The average Bonchev–Trinajstić information content (AvgIpc) is 3.06. The number of thioether (sulfide) groups is 1. The quantitative estimate of drug-likeness (QED) is 0.361. The first-order chi connectivity index (χ1) is 11.0. The number of terminal acetylenes is 1. The van der Waals surface area contributed by atoms with Gasteiger partial charge in [0.05, 0.1) is 28.0 Å². The zero-order chi connectivity index (χ0) is 16.6. The molecule has 2 aliphatic heterocycles. The van der Waals surface area contributed by atoms with E-state index in [9.17, 15) is 19.7 Å². The Labute approximate surface area is 134 Å². The molecule has 116 valence electrons. The monoisotopic (exact) mass is 332 g/mol. The van der Waals surface area contributed by atoms with E-state index in [2.05, 4.69) is 5.92 Å². The van der Waals surface area contributed by atoms with Gasteiger partial charge in [0.1, 0.15) is 0 Å². The highest BCUT2D eigenvalue weighted by atomic mass is 32.2. The molecule has 23 heavy (non-hydrogen) atoms. The summed E-state index contributed by atoms with van der Waals surface area (Å²) in [6.07, 6.45) is 6.39. The molecule has 0 N–H and O–H groups in total. The first-order valence-electron chi connectivity index (χ1n) is 6.28. The fraction of sp³-hybridized carbons (Fsp3) is 0.143. The summed E-state index contributed by atoms with van der Waals surface area (Å²) in [4.78, 5) is 35.4. The molecule has 0 unspecified atom stereocenters. The van der Waals surface area contributed by atoms with Gasteiger partial charge in [-0.25, -0.2) is 0 Å². The summed E-state index contributed by atoms with van der Waals surface area (Å²) in [7, 11) is 0. The van der Waals surface area contributed by atoms with E-state index in [1.54, 1.807) is 0 Å². The number of amides is 2. The second-order valence-corrected chi connectivity index (χ2v) is 5.49. The number of fused-ring (bicyclic) bond motifs is 1. The third kappa shape index (κ3) is 2.60. The van der Waals surface area contributed by atoms with Gasteiger partial charge in [-0.3, -0.25) is 24.6 Å². The third-order valence-corrected chi connectivity index (χ3v) is 4.04. The Kier molecular flexibility index (Phi) is 3.67. The second kappa shape index (κ2) is 5.66. The number of hydrogen-bond acceptors (Lipinski definition) is 7. The summed E-state index contributed by atoms with van der Waals surface area (Å²) < 4.78 is 10.3. The Morgan fingerprint density at radius 3 is 2.74 bits per heavy atom. The molecular weight excluding hydrogens is 324 g/mol. The van der Waals surface area contributed by atoms with Crippen molar-refractivity contribution in [3.05, 3.63) is 32.7 Å². The van der Waals surface area contributed by atoms with Gasteiger partial charge < -0.3 is 9.47 Å². The molecule has 1 saturated heterocycles. The van der Waals surface area contributed by atoms with Crippen molar-refractivity contribution >= 4 is 34.7 Å². The predicted octanol–water partition coefficient (Wildman–Crippen LogP) is 1.99. The second-order valence-electron chi connectivity index (χ2n) is 4.49. The van der Waals surface area contributed by atoms with E-state index in [1.165, 1.54) is 18.2 Å². The zero-order valence-electron chi connectivity index (χ0n) is 11.5. The highest BCUT2D eigenvalue weighted by Crippen LogP contribution is 2.40.